The molecule has 31 heavy (non-hydrogen) atoms. The van der Waals surface area contributed by atoms with E-state index < -0.39 is 34.8 Å². The van der Waals surface area contributed by atoms with Gasteiger partial charge in [0, 0.05) is 22.2 Å². The first-order valence-electron chi connectivity index (χ1n) is 9.28. The number of pyridine rings is 1. The second-order valence-corrected chi connectivity index (χ2v) is 8.71. The lowest BCUT2D eigenvalue weighted by Crippen LogP contribution is -2.11. The van der Waals surface area contributed by atoms with Crippen molar-refractivity contribution < 1.29 is 27.8 Å². The van der Waals surface area contributed by atoms with Crippen molar-refractivity contribution >= 4 is 22.1 Å². The molecule has 0 radical (unpaired) electrons. The van der Waals surface area contributed by atoms with Crippen molar-refractivity contribution in [2.75, 3.05) is 0 Å². The van der Waals surface area contributed by atoms with Crippen molar-refractivity contribution in [3.63, 3.8) is 0 Å². The Bertz CT molecular complexity index is 1260. The number of rotatable bonds is 6. The van der Waals surface area contributed by atoms with E-state index in [1.54, 1.807) is 22.9 Å². The smallest absolute Gasteiger partial charge is 0.416 e. The van der Waals surface area contributed by atoms with Crippen LogP contribution in [0.3, 0.4) is 0 Å². The van der Waals surface area contributed by atoms with Gasteiger partial charge in [0.1, 0.15) is 23.7 Å². The van der Waals surface area contributed by atoms with Crippen LogP contribution in [0.25, 0.3) is 16.3 Å². The normalized spacial score (nSPS) is 12.3. The topological polar surface area (TPSA) is 76.7 Å². The average Bonchev–Trinajstić information content (AvgIpc) is 3.32. The number of imidazole rings is 1. The molecule has 1 N–H and O–H groups in total. The van der Waals surface area contributed by atoms with Gasteiger partial charge < -0.3 is 9.84 Å². The minimum atomic E-state index is -4.54. The molecule has 4 aromatic rings. The Labute approximate surface area is 177 Å². The van der Waals surface area contributed by atoms with Gasteiger partial charge in [-0.3, -0.25) is 4.40 Å². The fraction of sp³-hybridized carbons (Fsp3) is 0.190. The zero-order valence-corrected chi connectivity index (χ0v) is 17.1. The molecular weight excluding hydrogens is 431 g/mol. The second kappa shape index (κ2) is 8.03. The van der Waals surface area contributed by atoms with Crippen LogP contribution in [0.2, 0.25) is 0 Å². The van der Waals surface area contributed by atoms with Gasteiger partial charge in [0.15, 0.2) is 0 Å². The molecule has 1 aromatic carbocycles. The summed E-state index contributed by atoms with van der Waals surface area (Å²) in [6, 6.07) is 10.5. The molecule has 6 nitrogen and oxygen atoms in total. The molecule has 1 unspecified atom stereocenters. The number of thiazole rings is 1. The zero-order valence-electron chi connectivity index (χ0n) is 16.3. The molecule has 0 spiro atoms. The van der Waals surface area contributed by atoms with E-state index in [0.717, 1.165) is 6.07 Å². The Morgan fingerprint density at radius 2 is 1.94 bits per heavy atom. The Morgan fingerprint density at radius 3 is 2.65 bits per heavy atom. The number of aromatic carboxylic acids is 1. The van der Waals surface area contributed by atoms with Crippen molar-refractivity contribution in [2.24, 2.45) is 0 Å². The lowest BCUT2D eigenvalue weighted by molar-refractivity contribution is -0.138. The number of carboxylic acid groups (broad SMARTS) is 1. The summed E-state index contributed by atoms with van der Waals surface area (Å²) in [5.41, 5.74) is 0.368. The second-order valence-electron chi connectivity index (χ2n) is 6.55. The van der Waals surface area contributed by atoms with Gasteiger partial charge in [-0.05, 0) is 25.1 Å². The van der Waals surface area contributed by atoms with Crippen LogP contribution in [-0.2, 0) is 18.5 Å². The Balaban J connectivity index is 1.77. The molecule has 1 atom stereocenters. The first-order chi connectivity index (χ1) is 14.8. The zero-order chi connectivity index (χ0) is 22.2. The lowest BCUT2D eigenvalue weighted by atomic mass is 10.1. The van der Waals surface area contributed by atoms with E-state index in [0.29, 0.717) is 22.1 Å². The number of hydrogen-bond donors (Lipinski definition) is 1. The number of hydrogen-bond acceptors (Lipinski definition) is 4. The molecule has 3 aromatic heterocycles. The summed E-state index contributed by atoms with van der Waals surface area (Å²) in [4.78, 5) is 20.7. The van der Waals surface area contributed by atoms with Gasteiger partial charge in [-0.15, -0.1) is 0 Å². The Hall–Kier alpha value is -3.40. The van der Waals surface area contributed by atoms with Gasteiger partial charge in [-0.25, -0.2) is 9.78 Å². The highest BCUT2D eigenvalue weighted by Gasteiger charge is 2.37. The van der Waals surface area contributed by atoms with Crippen molar-refractivity contribution in [2.45, 2.75) is 25.5 Å². The lowest BCUT2D eigenvalue weighted by Gasteiger charge is -2.12. The number of carboxylic acids is 1. The molecule has 0 saturated carbocycles. The van der Waals surface area contributed by atoms with Gasteiger partial charge in [-0.2, -0.15) is 18.2 Å². The van der Waals surface area contributed by atoms with E-state index in [-0.39, 0.29) is 16.3 Å². The summed E-state index contributed by atoms with van der Waals surface area (Å²) < 4.78 is 47.2. The summed E-state index contributed by atoms with van der Waals surface area (Å²) in [7, 11) is -0.914. The highest BCUT2D eigenvalue weighted by Crippen LogP contribution is 2.43. The molecule has 0 amide bonds. The molecule has 0 fully saturated rings. The maximum Gasteiger partial charge on any atom is 0.416 e. The largest absolute Gasteiger partial charge is 0.474 e. The van der Waals surface area contributed by atoms with E-state index in [4.69, 9.17) is 4.74 Å². The minimum Gasteiger partial charge on any atom is -0.474 e. The number of aromatic nitrogens is 3. The molecule has 10 heteroatoms. The Morgan fingerprint density at radius 1 is 1.19 bits per heavy atom. The Kier molecular flexibility index (Phi) is 5.40. The van der Waals surface area contributed by atoms with Crippen LogP contribution in [0.4, 0.5) is 13.2 Å². The van der Waals surface area contributed by atoms with E-state index in [9.17, 15) is 23.1 Å². The van der Waals surface area contributed by atoms with E-state index >= 15 is 0 Å². The van der Waals surface area contributed by atoms with Crippen molar-refractivity contribution in [3.05, 3.63) is 70.9 Å². The first kappa shape index (κ1) is 20.9. The molecule has 4 rings (SSSR count). The van der Waals surface area contributed by atoms with Crippen molar-refractivity contribution in [1.29, 1.82) is 0 Å². The molecule has 0 aliphatic rings. The summed E-state index contributed by atoms with van der Waals surface area (Å²) in [5.74, 6) is -0.931. The van der Waals surface area contributed by atoms with Crippen molar-refractivity contribution in [3.8, 4) is 16.6 Å². The standard InChI is InChI=1S/C21H16F3N3O3S/c1-2-31-17(20(28)29)18(30-12-13-7-3-4-8-14(13)21(22,23)24)26-19(31)15-11-25-16-9-5-6-10-27(15)16/h3-11H,2,12H2,1H3/p+1. The van der Waals surface area contributed by atoms with Crippen molar-refractivity contribution in [1.82, 2.24) is 14.4 Å². The monoisotopic (exact) mass is 448 g/mol. The number of benzene rings is 1. The number of carbonyl (C=O) groups is 1. The fourth-order valence-corrected chi connectivity index (χ4v) is 5.20. The van der Waals surface area contributed by atoms with Crippen LogP contribution in [0.5, 0.6) is 5.88 Å². The molecule has 3 heterocycles. The number of fused-ring (bicyclic) bond motifs is 1. The maximum atomic E-state index is 13.3. The van der Waals surface area contributed by atoms with Gasteiger partial charge in [0.2, 0.25) is 0 Å². The summed E-state index contributed by atoms with van der Waals surface area (Å²) in [6.45, 7) is 1.37. The van der Waals surface area contributed by atoms with E-state index in [1.807, 2.05) is 19.1 Å². The summed E-state index contributed by atoms with van der Waals surface area (Å²) in [6.07, 6.45) is -1.15. The number of ether oxygens (including phenoxy) is 1. The summed E-state index contributed by atoms with van der Waals surface area (Å²) >= 11 is 0. The highest BCUT2D eigenvalue weighted by molar-refractivity contribution is 7.35. The molecular formula is C21H17F3N3O3S+. The summed E-state index contributed by atoms with van der Waals surface area (Å²) in [5, 5.41) is 10.3. The van der Waals surface area contributed by atoms with Crippen LogP contribution in [0, 0.1) is 0 Å². The number of alkyl halides is 3. The third-order valence-electron chi connectivity index (χ3n) is 4.68. The number of halogens is 3. The van der Waals surface area contributed by atoms with E-state index in [1.165, 1.54) is 18.2 Å². The fourth-order valence-electron chi connectivity index (χ4n) is 3.32. The van der Waals surface area contributed by atoms with Gasteiger partial charge in [-0.1, -0.05) is 24.3 Å². The predicted molar refractivity (Wildman–Crippen MR) is 109 cm³/mol. The molecule has 0 aliphatic carbocycles. The quantitative estimate of drug-likeness (QED) is 0.396. The van der Waals surface area contributed by atoms with E-state index in [2.05, 4.69) is 9.97 Å². The third kappa shape index (κ3) is 3.86. The third-order valence-corrected chi connectivity index (χ3v) is 6.87. The molecule has 0 aliphatic heterocycles. The van der Waals surface area contributed by atoms with Crippen LogP contribution in [-0.4, -0.2) is 25.4 Å². The van der Waals surface area contributed by atoms with Gasteiger partial charge in [0.05, 0.1) is 11.8 Å². The van der Waals surface area contributed by atoms with Gasteiger partial charge >= 0.3 is 17.0 Å². The number of nitrogens with zero attached hydrogens (tertiary/aromatic N) is 3. The highest BCUT2D eigenvalue weighted by atomic mass is 32.2. The molecule has 0 saturated heterocycles. The first-order valence-corrected chi connectivity index (χ1v) is 10.7. The minimum absolute atomic E-state index is 0.0483. The van der Waals surface area contributed by atoms with Crippen LogP contribution in [0.1, 0.15) is 27.7 Å². The average molecular weight is 448 g/mol. The SMILES string of the molecule is CC[s+]1c(-c2cnc3ccccn23)nc(OCc2ccccc2C(F)(F)F)c1C(=O)O. The van der Waals surface area contributed by atoms with Crippen LogP contribution < -0.4 is 4.74 Å². The maximum absolute atomic E-state index is 13.3. The van der Waals surface area contributed by atoms with Gasteiger partial charge in [0.25, 0.3) is 10.9 Å². The predicted octanol–water partition coefficient (Wildman–Crippen LogP) is 5.46. The molecule has 0 bridgehead atoms. The van der Waals surface area contributed by atoms with Crippen LogP contribution >= 0.6 is 10.5 Å². The van der Waals surface area contributed by atoms with Crippen LogP contribution in [0.15, 0.2) is 54.9 Å². The molecule has 160 valence electrons.